The lowest BCUT2D eigenvalue weighted by Crippen LogP contribution is -2.43. The van der Waals surface area contributed by atoms with E-state index in [0.717, 1.165) is 31.0 Å². The number of rotatable bonds is 9. The Bertz CT molecular complexity index is 2170. The van der Waals surface area contributed by atoms with E-state index in [0.29, 0.717) is 22.7 Å². The summed E-state index contributed by atoms with van der Waals surface area (Å²) in [5.74, 6) is -2.07. The van der Waals surface area contributed by atoms with Gasteiger partial charge in [-0.15, -0.1) is 0 Å². The van der Waals surface area contributed by atoms with Gasteiger partial charge in [0.25, 0.3) is 5.91 Å². The van der Waals surface area contributed by atoms with Crippen molar-refractivity contribution in [3.8, 4) is 22.8 Å². The second kappa shape index (κ2) is 12.0. The third-order valence-corrected chi connectivity index (χ3v) is 10.0. The Morgan fingerprint density at radius 3 is 2.55 bits per heavy atom. The van der Waals surface area contributed by atoms with E-state index >= 15 is 0 Å². The quantitative estimate of drug-likeness (QED) is 0.164. The maximum absolute atomic E-state index is 14.3. The van der Waals surface area contributed by atoms with Gasteiger partial charge in [-0.3, -0.25) is 14.3 Å². The van der Waals surface area contributed by atoms with Gasteiger partial charge in [-0.1, -0.05) is 35.3 Å². The van der Waals surface area contributed by atoms with Crippen LogP contribution in [0.25, 0.3) is 22.2 Å². The molecule has 2 atom stereocenters. The van der Waals surface area contributed by atoms with Crippen LogP contribution in [0.3, 0.4) is 0 Å². The number of pyridine rings is 1. The van der Waals surface area contributed by atoms with E-state index in [4.69, 9.17) is 43.4 Å². The molecule has 3 aromatic carbocycles. The highest BCUT2D eigenvalue weighted by Gasteiger charge is 2.46. The number of hydrogen-bond donors (Lipinski definition) is 3. The summed E-state index contributed by atoms with van der Waals surface area (Å²) in [4.78, 5) is 31.2. The van der Waals surface area contributed by atoms with E-state index in [1.54, 1.807) is 19.1 Å². The first-order valence-electron chi connectivity index (χ1n) is 15.3. The Morgan fingerprint density at radius 1 is 1.14 bits per heavy atom. The monoisotopic (exact) mass is 707 g/mol. The second-order valence-corrected chi connectivity index (χ2v) is 13.2. The van der Waals surface area contributed by atoms with Crippen LogP contribution in [0.1, 0.15) is 53.0 Å². The number of benzene rings is 3. The molecular formula is C35H29Cl2F2N5O5. The summed E-state index contributed by atoms with van der Waals surface area (Å²) in [6, 6.07) is 12.4. The Labute approximate surface area is 288 Å². The number of primary amides is 1. The van der Waals surface area contributed by atoms with Crippen molar-refractivity contribution in [2.24, 2.45) is 5.73 Å². The molecule has 0 unspecified atom stereocenters. The van der Waals surface area contributed by atoms with Crippen LogP contribution in [-0.2, 0) is 15.8 Å². The largest absolute Gasteiger partial charge is 0.494 e. The van der Waals surface area contributed by atoms with Crippen LogP contribution in [0.5, 0.6) is 11.5 Å². The smallest absolute Gasteiger partial charge is 0.251 e. The molecule has 4 N–H and O–H groups in total. The highest BCUT2D eigenvalue weighted by Crippen LogP contribution is 2.48. The summed E-state index contributed by atoms with van der Waals surface area (Å²) in [5, 5.41) is 20.1. The van der Waals surface area contributed by atoms with E-state index in [9.17, 15) is 23.5 Å². The van der Waals surface area contributed by atoms with Crippen LogP contribution >= 0.6 is 23.2 Å². The number of ether oxygens (including phenoxy) is 2. The van der Waals surface area contributed by atoms with Crippen LogP contribution < -0.4 is 20.5 Å². The van der Waals surface area contributed by atoms with Crippen LogP contribution in [0.2, 0.25) is 10.0 Å². The van der Waals surface area contributed by atoms with Crippen molar-refractivity contribution in [3.63, 3.8) is 0 Å². The summed E-state index contributed by atoms with van der Waals surface area (Å²) in [6.45, 7) is 0.952. The second-order valence-electron chi connectivity index (χ2n) is 12.4. The number of carbonyl (C=O) groups excluding carboxylic acids is 2. The summed E-state index contributed by atoms with van der Waals surface area (Å²) < 4.78 is 41.8. The fourth-order valence-electron chi connectivity index (χ4n) is 6.00. The van der Waals surface area contributed by atoms with Crippen molar-refractivity contribution < 1.29 is 33.0 Å². The van der Waals surface area contributed by atoms with Crippen molar-refractivity contribution in [2.45, 2.75) is 36.8 Å². The number of aliphatic hydroxyl groups is 1. The average molecular weight is 709 g/mol. The fraction of sp³-hybridized carbons (Fsp3) is 0.257. The first kappa shape index (κ1) is 32.8. The van der Waals surface area contributed by atoms with Gasteiger partial charge >= 0.3 is 0 Å². The molecule has 0 bridgehead atoms. The number of amides is 2. The number of halogens is 4. The molecule has 0 spiro atoms. The molecule has 0 saturated heterocycles. The molecule has 1 aliphatic carbocycles. The first-order valence-corrected chi connectivity index (χ1v) is 16.1. The zero-order valence-electron chi connectivity index (χ0n) is 26.2. The number of nitrogens with two attached hydrogens (primary N) is 1. The van der Waals surface area contributed by atoms with Crippen LogP contribution in [-0.4, -0.2) is 51.9 Å². The lowest BCUT2D eigenvalue weighted by Gasteiger charge is -2.30. The maximum atomic E-state index is 14.3. The van der Waals surface area contributed by atoms with Gasteiger partial charge in [-0.05, 0) is 67.8 Å². The molecule has 0 radical (unpaired) electrons. The van der Waals surface area contributed by atoms with Gasteiger partial charge in [0, 0.05) is 28.3 Å². The van der Waals surface area contributed by atoms with E-state index in [1.165, 1.54) is 31.4 Å². The third-order valence-electron chi connectivity index (χ3n) is 9.15. The topological polar surface area (TPSA) is 142 Å². The van der Waals surface area contributed by atoms with E-state index in [-0.39, 0.29) is 56.0 Å². The highest BCUT2D eigenvalue weighted by molar-refractivity contribution is 6.43. The molecule has 252 valence electrons. The van der Waals surface area contributed by atoms with Gasteiger partial charge in [0.1, 0.15) is 52.0 Å². The van der Waals surface area contributed by atoms with Crippen LogP contribution in [0, 0.1) is 11.6 Å². The van der Waals surface area contributed by atoms with Crippen LogP contribution in [0.15, 0.2) is 60.8 Å². The van der Waals surface area contributed by atoms with Crippen molar-refractivity contribution in [3.05, 3.63) is 105 Å². The average Bonchev–Trinajstić information content (AvgIpc) is 3.76. The number of hydrogen-bond acceptors (Lipinski definition) is 7. The van der Waals surface area contributed by atoms with E-state index in [1.807, 2.05) is 10.9 Å². The van der Waals surface area contributed by atoms with Crippen molar-refractivity contribution in [2.75, 3.05) is 20.3 Å². The van der Waals surface area contributed by atoms with Gasteiger partial charge in [0.2, 0.25) is 5.91 Å². The third kappa shape index (κ3) is 5.53. The van der Waals surface area contributed by atoms with Gasteiger partial charge in [-0.2, -0.15) is 5.10 Å². The number of aromatic nitrogens is 3. The highest BCUT2D eigenvalue weighted by atomic mass is 35.5. The number of nitrogens with one attached hydrogen (secondary N) is 1. The van der Waals surface area contributed by atoms with Gasteiger partial charge in [0.05, 0.1) is 35.4 Å². The Hall–Kier alpha value is -4.78. The molecule has 1 saturated carbocycles. The summed E-state index contributed by atoms with van der Waals surface area (Å²) in [5.41, 5.74) is 3.74. The summed E-state index contributed by atoms with van der Waals surface area (Å²) in [6.07, 6.45) is 3.91. The molecule has 49 heavy (non-hydrogen) atoms. The molecule has 1 aliphatic heterocycles. The normalized spacial score (nSPS) is 18.1. The van der Waals surface area contributed by atoms with E-state index in [2.05, 4.69) is 10.4 Å². The van der Waals surface area contributed by atoms with Gasteiger partial charge in [0.15, 0.2) is 0 Å². The minimum atomic E-state index is -2.13. The summed E-state index contributed by atoms with van der Waals surface area (Å²) in [7, 11) is 1.49. The van der Waals surface area contributed by atoms with Crippen molar-refractivity contribution in [1.29, 1.82) is 0 Å². The van der Waals surface area contributed by atoms with Gasteiger partial charge < -0.3 is 25.6 Å². The predicted molar refractivity (Wildman–Crippen MR) is 178 cm³/mol. The Morgan fingerprint density at radius 2 is 1.88 bits per heavy atom. The molecule has 2 aromatic heterocycles. The number of nitrogens with zero attached hydrogens (tertiary/aromatic N) is 3. The molecule has 1 fully saturated rings. The zero-order chi connectivity index (χ0) is 34.8. The predicted octanol–water partition coefficient (Wildman–Crippen LogP) is 5.83. The molecule has 5 aromatic rings. The number of fused-ring (bicyclic) bond motifs is 2. The lowest BCUT2D eigenvalue weighted by molar-refractivity contribution is -0.123. The standard InChI is InChI=1S/C35H29Cl2F2N5O5/c1-34(33(40)46)16-49-31-23(34)13-26(42-30(31)22-9-10-24(39)28(37)27(22)36)35(47,19-3-5-20(38)6-4-19)15-41-32(45)17-11-18-14-44(21-7-8-21)43-29(18)25(12-17)48-2/h3-6,9-14,21,47H,7-8,15-16H2,1-2H3,(H2,40,46)(H,41,45)/t34-,35+/m0/s1. The maximum Gasteiger partial charge on any atom is 0.251 e. The molecule has 10 nitrogen and oxygen atoms in total. The zero-order valence-corrected chi connectivity index (χ0v) is 27.7. The SMILES string of the molecule is COc1cc(C(=O)NC[C@@](O)(c2ccc(F)cc2)c2cc3c(c(-c4ccc(F)c(Cl)c4Cl)n2)OC[C@]3(C)C(N)=O)cc2cn(C3CC3)nc12. The number of methoxy groups -OCH3 is 1. The van der Waals surface area contributed by atoms with E-state index < -0.39 is 41.0 Å². The molecular weight excluding hydrogens is 679 g/mol. The molecule has 2 amide bonds. The van der Waals surface area contributed by atoms with Crippen molar-refractivity contribution >= 4 is 45.9 Å². The number of carbonyl (C=O) groups is 2. The minimum Gasteiger partial charge on any atom is -0.494 e. The molecule has 14 heteroatoms. The molecule has 2 aliphatic rings. The minimum absolute atomic E-state index is 0.0408. The fourth-order valence-corrected chi connectivity index (χ4v) is 6.41. The lowest BCUT2D eigenvalue weighted by atomic mass is 9.80. The molecule has 7 rings (SSSR count). The Kier molecular flexibility index (Phi) is 8.00. The van der Waals surface area contributed by atoms with Crippen LogP contribution in [0.4, 0.5) is 8.78 Å². The Balaban J connectivity index is 1.35. The van der Waals surface area contributed by atoms with Crippen molar-refractivity contribution in [1.82, 2.24) is 20.1 Å². The van der Waals surface area contributed by atoms with Gasteiger partial charge in [-0.25, -0.2) is 13.8 Å². The summed E-state index contributed by atoms with van der Waals surface area (Å²) >= 11 is 12.6. The molecule has 3 heterocycles. The first-order chi connectivity index (χ1) is 23.3.